The number of rotatable bonds is 6. The molecule has 1 aliphatic heterocycles. The van der Waals surface area contributed by atoms with Crippen LogP contribution in [0.25, 0.3) is 0 Å². The molecule has 1 aliphatic rings. The van der Waals surface area contributed by atoms with Gasteiger partial charge in [-0.1, -0.05) is 19.8 Å². The van der Waals surface area contributed by atoms with Gasteiger partial charge in [-0.15, -0.1) is 0 Å². The molecule has 1 saturated heterocycles. The van der Waals surface area contributed by atoms with Gasteiger partial charge in [-0.05, 0) is 32.6 Å². The maximum absolute atomic E-state index is 5.81. The maximum atomic E-state index is 5.81. The van der Waals surface area contributed by atoms with Crippen LogP contribution in [0.5, 0.6) is 0 Å². The van der Waals surface area contributed by atoms with Crippen molar-refractivity contribution in [1.82, 2.24) is 15.0 Å². The zero-order chi connectivity index (χ0) is 14.4. The van der Waals surface area contributed by atoms with Crippen molar-refractivity contribution in [3.8, 4) is 0 Å². The molecule has 1 atom stereocenters. The third-order valence-corrected chi connectivity index (χ3v) is 3.65. The minimum absolute atomic E-state index is 0.297. The Balaban J connectivity index is 2.03. The standard InChI is InChI=1S/C14H26N6/c1-3-4-8-11(2)16-13-17-12(15)18-14(19-13)20-9-6-5-7-10-20/h11H,3-10H2,1-2H3,(H3,15,16,17,18,19). The second-order valence-electron chi connectivity index (χ2n) is 5.55. The molecule has 0 amide bonds. The van der Waals surface area contributed by atoms with Crippen molar-refractivity contribution in [3.63, 3.8) is 0 Å². The molecule has 1 aromatic rings. The summed E-state index contributed by atoms with van der Waals surface area (Å²) in [6, 6.07) is 0.353. The molecule has 0 radical (unpaired) electrons. The number of anilines is 3. The van der Waals surface area contributed by atoms with E-state index in [2.05, 4.69) is 39.0 Å². The van der Waals surface area contributed by atoms with Gasteiger partial charge in [0.2, 0.25) is 17.8 Å². The second kappa shape index (κ2) is 7.26. The summed E-state index contributed by atoms with van der Waals surface area (Å²) in [5.41, 5.74) is 5.81. The fourth-order valence-electron chi connectivity index (χ4n) is 2.48. The summed E-state index contributed by atoms with van der Waals surface area (Å²) >= 11 is 0. The van der Waals surface area contributed by atoms with E-state index in [4.69, 9.17) is 5.73 Å². The highest BCUT2D eigenvalue weighted by Crippen LogP contribution is 2.18. The Hall–Kier alpha value is -1.59. The van der Waals surface area contributed by atoms with Crippen LogP contribution in [0, 0.1) is 0 Å². The fourth-order valence-corrected chi connectivity index (χ4v) is 2.48. The lowest BCUT2D eigenvalue weighted by atomic mass is 10.1. The van der Waals surface area contributed by atoms with Crippen molar-refractivity contribution in [2.24, 2.45) is 0 Å². The molecule has 112 valence electrons. The van der Waals surface area contributed by atoms with Crippen LogP contribution in [0.15, 0.2) is 0 Å². The van der Waals surface area contributed by atoms with Crippen molar-refractivity contribution in [1.29, 1.82) is 0 Å². The van der Waals surface area contributed by atoms with Gasteiger partial charge in [0, 0.05) is 19.1 Å². The summed E-state index contributed by atoms with van der Waals surface area (Å²) in [7, 11) is 0. The molecular weight excluding hydrogens is 252 g/mol. The molecule has 0 aromatic carbocycles. The molecule has 0 aliphatic carbocycles. The molecule has 0 spiro atoms. The van der Waals surface area contributed by atoms with E-state index in [1.54, 1.807) is 0 Å². The molecule has 1 aromatic heterocycles. The van der Waals surface area contributed by atoms with Gasteiger partial charge in [-0.2, -0.15) is 15.0 Å². The molecule has 0 saturated carbocycles. The zero-order valence-corrected chi connectivity index (χ0v) is 12.6. The molecule has 6 nitrogen and oxygen atoms in total. The number of hydrogen-bond donors (Lipinski definition) is 2. The first-order valence-corrected chi connectivity index (χ1v) is 7.72. The average Bonchev–Trinajstić information content (AvgIpc) is 2.45. The Kier molecular flexibility index (Phi) is 5.38. The Morgan fingerprint density at radius 3 is 2.65 bits per heavy atom. The van der Waals surface area contributed by atoms with E-state index in [1.807, 2.05) is 0 Å². The van der Waals surface area contributed by atoms with Crippen molar-refractivity contribution < 1.29 is 0 Å². The van der Waals surface area contributed by atoms with Crippen LogP contribution in [-0.2, 0) is 0 Å². The zero-order valence-electron chi connectivity index (χ0n) is 12.6. The van der Waals surface area contributed by atoms with Crippen molar-refractivity contribution in [2.45, 2.75) is 58.4 Å². The Morgan fingerprint density at radius 2 is 1.95 bits per heavy atom. The molecule has 2 rings (SSSR count). The van der Waals surface area contributed by atoms with Crippen LogP contribution in [0.1, 0.15) is 52.4 Å². The summed E-state index contributed by atoms with van der Waals surface area (Å²) in [4.78, 5) is 15.2. The first-order chi connectivity index (χ1) is 9.69. The van der Waals surface area contributed by atoms with Gasteiger partial charge in [0.05, 0.1) is 0 Å². The summed E-state index contributed by atoms with van der Waals surface area (Å²) < 4.78 is 0. The van der Waals surface area contributed by atoms with E-state index >= 15 is 0 Å². The highest BCUT2D eigenvalue weighted by atomic mass is 15.3. The predicted octanol–water partition coefficient (Wildman–Crippen LogP) is 2.43. The molecule has 6 heteroatoms. The number of nitrogens with zero attached hydrogens (tertiary/aromatic N) is 4. The summed E-state index contributed by atoms with van der Waals surface area (Å²) in [6.45, 7) is 6.36. The highest BCUT2D eigenvalue weighted by molar-refractivity contribution is 5.42. The molecule has 20 heavy (non-hydrogen) atoms. The number of nitrogen functional groups attached to an aromatic ring is 1. The first-order valence-electron chi connectivity index (χ1n) is 7.72. The lowest BCUT2D eigenvalue weighted by molar-refractivity contribution is 0.567. The molecule has 2 heterocycles. The number of unbranched alkanes of at least 4 members (excludes halogenated alkanes) is 1. The Bertz CT molecular complexity index is 416. The van der Waals surface area contributed by atoms with Gasteiger partial charge in [-0.3, -0.25) is 0 Å². The van der Waals surface area contributed by atoms with Gasteiger partial charge >= 0.3 is 0 Å². The van der Waals surface area contributed by atoms with Gasteiger partial charge in [0.15, 0.2) is 0 Å². The third kappa shape index (κ3) is 4.21. The minimum Gasteiger partial charge on any atom is -0.368 e. The van der Waals surface area contributed by atoms with Crippen LogP contribution in [0.3, 0.4) is 0 Å². The fraction of sp³-hybridized carbons (Fsp3) is 0.786. The monoisotopic (exact) mass is 278 g/mol. The number of hydrogen-bond acceptors (Lipinski definition) is 6. The quantitative estimate of drug-likeness (QED) is 0.832. The summed E-state index contributed by atoms with van der Waals surface area (Å²) in [5, 5.41) is 3.33. The normalized spacial score (nSPS) is 17.0. The molecule has 3 N–H and O–H groups in total. The van der Waals surface area contributed by atoms with Crippen LogP contribution in [-0.4, -0.2) is 34.1 Å². The van der Waals surface area contributed by atoms with E-state index in [0.717, 1.165) is 19.5 Å². The van der Waals surface area contributed by atoms with E-state index in [1.165, 1.54) is 32.1 Å². The summed E-state index contributed by atoms with van der Waals surface area (Å²) in [6.07, 6.45) is 7.19. The lowest BCUT2D eigenvalue weighted by Gasteiger charge is -2.27. The third-order valence-electron chi connectivity index (χ3n) is 3.65. The van der Waals surface area contributed by atoms with Crippen LogP contribution in [0.2, 0.25) is 0 Å². The van der Waals surface area contributed by atoms with Gasteiger partial charge in [0.1, 0.15) is 0 Å². The SMILES string of the molecule is CCCCC(C)Nc1nc(N)nc(N2CCCCC2)n1. The first kappa shape index (κ1) is 14.8. The van der Waals surface area contributed by atoms with Crippen molar-refractivity contribution in [2.75, 3.05) is 29.0 Å². The van der Waals surface area contributed by atoms with Gasteiger partial charge in [-0.25, -0.2) is 0 Å². The van der Waals surface area contributed by atoms with Gasteiger partial charge < -0.3 is 16.0 Å². The second-order valence-corrected chi connectivity index (χ2v) is 5.55. The van der Waals surface area contributed by atoms with Crippen molar-refractivity contribution in [3.05, 3.63) is 0 Å². The minimum atomic E-state index is 0.297. The van der Waals surface area contributed by atoms with E-state index in [0.29, 0.717) is 23.9 Å². The number of nitrogens with two attached hydrogens (primary N) is 1. The number of piperidine rings is 1. The Labute approximate surface area is 121 Å². The Morgan fingerprint density at radius 1 is 1.20 bits per heavy atom. The largest absolute Gasteiger partial charge is 0.368 e. The number of nitrogens with one attached hydrogen (secondary N) is 1. The van der Waals surface area contributed by atoms with Crippen molar-refractivity contribution >= 4 is 17.8 Å². The topological polar surface area (TPSA) is 80.0 Å². The maximum Gasteiger partial charge on any atom is 0.231 e. The van der Waals surface area contributed by atoms with E-state index in [-0.39, 0.29) is 0 Å². The molecule has 1 fully saturated rings. The van der Waals surface area contributed by atoms with Crippen LogP contribution < -0.4 is 16.0 Å². The molecule has 1 unspecified atom stereocenters. The van der Waals surface area contributed by atoms with Crippen LogP contribution >= 0.6 is 0 Å². The van der Waals surface area contributed by atoms with E-state index < -0.39 is 0 Å². The average molecular weight is 278 g/mol. The summed E-state index contributed by atoms with van der Waals surface area (Å²) in [5.74, 6) is 1.61. The molecular formula is C14H26N6. The van der Waals surface area contributed by atoms with E-state index in [9.17, 15) is 0 Å². The lowest BCUT2D eigenvalue weighted by Crippen LogP contribution is -2.31. The molecule has 0 bridgehead atoms. The van der Waals surface area contributed by atoms with Crippen LogP contribution in [0.4, 0.5) is 17.8 Å². The number of aromatic nitrogens is 3. The highest BCUT2D eigenvalue weighted by Gasteiger charge is 2.16. The smallest absolute Gasteiger partial charge is 0.231 e. The van der Waals surface area contributed by atoms with Gasteiger partial charge in [0.25, 0.3) is 0 Å². The predicted molar refractivity (Wildman–Crippen MR) is 82.9 cm³/mol.